The molecule has 0 spiro atoms. The predicted molar refractivity (Wildman–Crippen MR) is 106 cm³/mol. The van der Waals surface area contributed by atoms with Crippen molar-refractivity contribution in [3.8, 4) is 11.3 Å². The summed E-state index contributed by atoms with van der Waals surface area (Å²) in [5.74, 6) is -0.552. The van der Waals surface area contributed by atoms with E-state index < -0.39 is 17.8 Å². The van der Waals surface area contributed by atoms with Crippen LogP contribution in [-0.4, -0.2) is 29.5 Å². The summed E-state index contributed by atoms with van der Waals surface area (Å²) >= 11 is 4.76. The normalized spacial score (nSPS) is 14.0. The fourth-order valence-electron chi connectivity index (χ4n) is 2.46. The number of hydrogen-bond donors (Lipinski definition) is 2. The number of thiocarbonyl (C=S) groups is 1. The van der Waals surface area contributed by atoms with Gasteiger partial charge in [-0.15, -0.1) is 0 Å². The Bertz CT molecular complexity index is 968. The van der Waals surface area contributed by atoms with Crippen molar-refractivity contribution in [1.82, 2.24) is 10.6 Å². The SMILES string of the molecule is CC(C)COC(=O)c1cccc(-c2ccc(C=C3C(=O)NC(=S)NC3=O)o2)c1. The molecule has 28 heavy (non-hydrogen) atoms. The van der Waals surface area contributed by atoms with Crippen LogP contribution in [-0.2, 0) is 14.3 Å². The summed E-state index contributed by atoms with van der Waals surface area (Å²) in [5, 5.41) is 4.68. The fraction of sp³-hybridized carbons (Fsp3) is 0.200. The molecule has 0 atom stereocenters. The maximum absolute atomic E-state index is 12.1. The number of furan rings is 1. The van der Waals surface area contributed by atoms with E-state index in [0.717, 1.165) is 0 Å². The van der Waals surface area contributed by atoms with Gasteiger partial charge in [0.25, 0.3) is 11.8 Å². The van der Waals surface area contributed by atoms with Gasteiger partial charge in [0.15, 0.2) is 5.11 Å². The van der Waals surface area contributed by atoms with Crippen LogP contribution in [0.4, 0.5) is 0 Å². The zero-order chi connectivity index (χ0) is 20.3. The number of ether oxygens (including phenoxy) is 1. The summed E-state index contributed by atoms with van der Waals surface area (Å²) in [7, 11) is 0. The van der Waals surface area contributed by atoms with Crippen LogP contribution in [0.3, 0.4) is 0 Å². The van der Waals surface area contributed by atoms with E-state index in [2.05, 4.69) is 10.6 Å². The van der Waals surface area contributed by atoms with E-state index in [1.807, 2.05) is 13.8 Å². The van der Waals surface area contributed by atoms with Crippen LogP contribution >= 0.6 is 12.2 Å². The maximum atomic E-state index is 12.1. The highest BCUT2D eigenvalue weighted by Gasteiger charge is 2.26. The molecule has 2 N–H and O–H groups in total. The molecule has 0 bridgehead atoms. The van der Waals surface area contributed by atoms with E-state index >= 15 is 0 Å². The first kappa shape index (κ1) is 19.5. The van der Waals surface area contributed by atoms with Crippen LogP contribution in [0.2, 0.25) is 0 Å². The van der Waals surface area contributed by atoms with Gasteiger partial charge < -0.3 is 9.15 Å². The van der Waals surface area contributed by atoms with Gasteiger partial charge in [0.1, 0.15) is 17.1 Å². The molecule has 1 fully saturated rings. The Morgan fingerprint density at radius 3 is 2.57 bits per heavy atom. The molecular formula is C20H18N2O5S. The molecule has 0 radical (unpaired) electrons. The highest BCUT2D eigenvalue weighted by Crippen LogP contribution is 2.25. The predicted octanol–water partition coefficient (Wildman–Crippen LogP) is 2.67. The van der Waals surface area contributed by atoms with E-state index in [1.54, 1.807) is 36.4 Å². The smallest absolute Gasteiger partial charge is 0.338 e. The molecule has 1 aromatic heterocycles. The van der Waals surface area contributed by atoms with Crippen molar-refractivity contribution >= 4 is 41.2 Å². The molecule has 1 aliphatic rings. The highest BCUT2D eigenvalue weighted by molar-refractivity contribution is 7.80. The number of amides is 2. The van der Waals surface area contributed by atoms with Crippen LogP contribution in [0, 0.1) is 5.92 Å². The van der Waals surface area contributed by atoms with E-state index in [9.17, 15) is 14.4 Å². The van der Waals surface area contributed by atoms with Crippen molar-refractivity contribution in [3.05, 3.63) is 53.3 Å². The molecule has 0 saturated carbocycles. The van der Waals surface area contributed by atoms with Crippen molar-refractivity contribution in [2.24, 2.45) is 5.92 Å². The zero-order valence-corrected chi connectivity index (χ0v) is 16.1. The largest absolute Gasteiger partial charge is 0.462 e. The molecule has 7 nitrogen and oxygen atoms in total. The molecule has 144 valence electrons. The minimum absolute atomic E-state index is 0.0338. The Hall–Kier alpha value is -3.26. The second-order valence-corrected chi connectivity index (χ2v) is 6.98. The quantitative estimate of drug-likeness (QED) is 0.348. The van der Waals surface area contributed by atoms with Crippen molar-refractivity contribution < 1.29 is 23.5 Å². The molecule has 2 aromatic rings. The Kier molecular flexibility index (Phi) is 5.70. The van der Waals surface area contributed by atoms with Gasteiger partial charge in [0, 0.05) is 5.56 Å². The van der Waals surface area contributed by atoms with Crippen molar-refractivity contribution in [1.29, 1.82) is 0 Å². The average molecular weight is 398 g/mol. The maximum Gasteiger partial charge on any atom is 0.338 e. The Morgan fingerprint density at radius 1 is 1.18 bits per heavy atom. The minimum Gasteiger partial charge on any atom is -0.462 e. The number of carbonyl (C=O) groups is 3. The number of rotatable bonds is 5. The Morgan fingerprint density at radius 2 is 1.89 bits per heavy atom. The van der Waals surface area contributed by atoms with Crippen LogP contribution < -0.4 is 10.6 Å². The summed E-state index contributed by atoms with van der Waals surface area (Å²) in [5.41, 5.74) is 0.969. The summed E-state index contributed by atoms with van der Waals surface area (Å²) < 4.78 is 10.9. The number of esters is 1. The zero-order valence-electron chi connectivity index (χ0n) is 15.3. The van der Waals surface area contributed by atoms with E-state index in [0.29, 0.717) is 29.3 Å². The molecule has 1 aliphatic heterocycles. The fourth-order valence-corrected chi connectivity index (χ4v) is 2.64. The lowest BCUT2D eigenvalue weighted by Crippen LogP contribution is -2.51. The molecule has 1 saturated heterocycles. The number of hydrogen-bond acceptors (Lipinski definition) is 6. The molecule has 3 rings (SSSR count). The molecule has 1 aromatic carbocycles. The lowest BCUT2D eigenvalue weighted by Gasteiger charge is -2.15. The number of carbonyl (C=O) groups excluding carboxylic acids is 3. The van der Waals surface area contributed by atoms with Crippen LogP contribution in [0.1, 0.15) is 30.0 Å². The van der Waals surface area contributed by atoms with Crippen LogP contribution in [0.15, 0.2) is 46.4 Å². The Labute approximate surface area is 166 Å². The van der Waals surface area contributed by atoms with Crippen molar-refractivity contribution in [3.63, 3.8) is 0 Å². The topological polar surface area (TPSA) is 97.6 Å². The van der Waals surface area contributed by atoms with E-state index in [-0.39, 0.29) is 16.6 Å². The standard InChI is InChI=1S/C20H18N2O5S/c1-11(2)10-26-19(25)13-5-3-4-12(8-13)16-7-6-14(27-16)9-15-17(23)21-20(28)22-18(15)24/h3-9,11H,10H2,1-2H3,(H2,21,22,23,24,28). The molecular weight excluding hydrogens is 380 g/mol. The van der Waals surface area contributed by atoms with Gasteiger partial charge in [-0.3, -0.25) is 20.2 Å². The van der Waals surface area contributed by atoms with Gasteiger partial charge in [-0.1, -0.05) is 26.0 Å². The van der Waals surface area contributed by atoms with Crippen molar-refractivity contribution in [2.75, 3.05) is 6.61 Å². The number of nitrogens with one attached hydrogen (secondary N) is 2. The summed E-state index contributed by atoms with van der Waals surface area (Å²) in [4.78, 5) is 35.9. The number of benzene rings is 1. The molecule has 0 aliphatic carbocycles. The molecule has 2 heterocycles. The molecule has 0 unspecified atom stereocenters. The third-order valence-electron chi connectivity index (χ3n) is 3.79. The average Bonchev–Trinajstić information content (AvgIpc) is 3.11. The summed E-state index contributed by atoms with van der Waals surface area (Å²) in [6.45, 7) is 4.26. The van der Waals surface area contributed by atoms with E-state index in [4.69, 9.17) is 21.4 Å². The van der Waals surface area contributed by atoms with Gasteiger partial charge in [0.05, 0.1) is 12.2 Å². The molecule has 2 amide bonds. The highest BCUT2D eigenvalue weighted by atomic mass is 32.1. The third-order valence-corrected chi connectivity index (χ3v) is 3.99. The monoisotopic (exact) mass is 398 g/mol. The van der Waals surface area contributed by atoms with Gasteiger partial charge in [0.2, 0.25) is 0 Å². The first-order chi connectivity index (χ1) is 13.3. The van der Waals surface area contributed by atoms with Gasteiger partial charge in [-0.05, 0) is 48.5 Å². The van der Waals surface area contributed by atoms with Crippen LogP contribution in [0.5, 0.6) is 0 Å². The second-order valence-electron chi connectivity index (χ2n) is 6.57. The van der Waals surface area contributed by atoms with Gasteiger partial charge in [-0.2, -0.15) is 0 Å². The van der Waals surface area contributed by atoms with Crippen molar-refractivity contribution in [2.45, 2.75) is 13.8 Å². The first-order valence-corrected chi connectivity index (χ1v) is 9.00. The minimum atomic E-state index is -0.596. The first-order valence-electron chi connectivity index (χ1n) is 8.59. The third kappa shape index (κ3) is 4.52. The molecule has 8 heteroatoms. The lowest BCUT2D eigenvalue weighted by atomic mass is 10.1. The van der Waals surface area contributed by atoms with Gasteiger partial charge >= 0.3 is 5.97 Å². The second kappa shape index (κ2) is 8.18. The van der Waals surface area contributed by atoms with Crippen LogP contribution in [0.25, 0.3) is 17.4 Å². The van der Waals surface area contributed by atoms with E-state index in [1.165, 1.54) is 6.08 Å². The lowest BCUT2D eigenvalue weighted by molar-refractivity contribution is -0.123. The summed E-state index contributed by atoms with van der Waals surface area (Å²) in [6.07, 6.45) is 1.33. The Balaban J connectivity index is 1.81. The van der Waals surface area contributed by atoms with Gasteiger partial charge in [-0.25, -0.2) is 4.79 Å². The summed E-state index contributed by atoms with van der Waals surface area (Å²) in [6, 6.07) is 10.2.